The van der Waals surface area contributed by atoms with Gasteiger partial charge < -0.3 is 22.1 Å². The number of aryl methyl sites for hydroxylation is 1. The maximum absolute atomic E-state index is 14.6. The molecule has 0 aromatic carbocycles. The molecule has 0 aliphatic heterocycles. The van der Waals surface area contributed by atoms with E-state index in [4.69, 9.17) is 11.5 Å². The quantitative estimate of drug-likeness (QED) is 0.477. The van der Waals surface area contributed by atoms with Crippen molar-refractivity contribution in [1.82, 2.24) is 19.5 Å². The van der Waals surface area contributed by atoms with E-state index in [-0.39, 0.29) is 29.3 Å². The lowest BCUT2D eigenvalue weighted by Gasteiger charge is -2.30. The van der Waals surface area contributed by atoms with Crippen LogP contribution in [0.2, 0.25) is 0 Å². The molecule has 1 aliphatic carbocycles. The third-order valence-electron chi connectivity index (χ3n) is 5.47. The van der Waals surface area contributed by atoms with Crippen molar-refractivity contribution in [2.24, 2.45) is 11.5 Å². The average Bonchev–Trinajstić information content (AvgIpc) is 3.18. The number of imidazole rings is 1. The van der Waals surface area contributed by atoms with Gasteiger partial charge in [0.15, 0.2) is 11.6 Å². The van der Waals surface area contributed by atoms with Crippen LogP contribution in [0.15, 0.2) is 36.8 Å². The SMILES string of the molecule is Cc1nccn1-c1ccc(Nc2nc(N[C@@H]3CCCC[C@@H]3N)c(F)cc2C(N)=O)cn1. The number of primary amides is 1. The molecule has 2 atom stereocenters. The average molecular weight is 424 g/mol. The summed E-state index contributed by atoms with van der Waals surface area (Å²) in [6.07, 6.45) is 8.88. The van der Waals surface area contributed by atoms with Gasteiger partial charge in [-0.15, -0.1) is 0 Å². The van der Waals surface area contributed by atoms with E-state index in [1.54, 1.807) is 24.5 Å². The first kappa shape index (κ1) is 20.7. The second-order valence-corrected chi connectivity index (χ2v) is 7.65. The number of hydrogen-bond acceptors (Lipinski definition) is 7. The molecule has 0 spiro atoms. The molecule has 0 saturated heterocycles. The third kappa shape index (κ3) is 4.48. The summed E-state index contributed by atoms with van der Waals surface area (Å²) in [6, 6.07) is 4.50. The number of nitrogens with two attached hydrogens (primary N) is 2. The molecule has 0 bridgehead atoms. The van der Waals surface area contributed by atoms with Crippen molar-refractivity contribution in [3.8, 4) is 5.82 Å². The molecule has 3 aromatic heterocycles. The number of carbonyl (C=O) groups is 1. The number of amides is 1. The molecular formula is C21H25FN8O. The van der Waals surface area contributed by atoms with Gasteiger partial charge in [-0.3, -0.25) is 9.36 Å². The van der Waals surface area contributed by atoms with Gasteiger partial charge >= 0.3 is 0 Å². The standard InChI is InChI=1S/C21H25FN8O/c1-12-25-8-9-30(12)18-7-6-13(11-26-18)27-20-14(19(24)31)10-15(22)21(29-20)28-17-5-3-2-4-16(17)23/h6-11,16-17H,2-5,23H2,1H3,(H2,24,31)(H2,27,28,29)/t16-,17+/m0/s1. The minimum atomic E-state index is -0.784. The molecule has 1 amide bonds. The minimum absolute atomic E-state index is 0.0356. The summed E-state index contributed by atoms with van der Waals surface area (Å²) < 4.78 is 16.5. The van der Waals surface area contributed by atoms with E-state index in [2.05, 4.69) is 25.6 Å². The predicted molar refractivity (Wildman–Crippen MR) is 116 cm³/mol. The van der Waals surface area contributed by atoms with Gasteiger partial charge in [-0.2, -0.15) is 0 Å². The smallest absolute Gasteiger partial charge is 0.252 e. The fourth-order valence-electron chi connectivity index (χ4n) is 3.75. The Morgan fingerprint density at radius 2 is 2.03 bits per heavy atom. The minimum Gasteiger partial charge on any atom is -0.365 e. The highest BCUT2D eigenvalue weighted by atomic mass is 19.1. The largest absolute Gasteiger partial charge is 0.365 e. The van der Waals surface area contributed by atoms with Crippen LogP contribution in [0.4, 0.5) is 21.7 Å². The highest BCUT2D eigenvalue weighted by Crippen LogP contribution is 2.26. The van der Waals surface area contributed by atoms with Gasteiger partial charge in [0.25, 0.3) is 5.91 Å². The molecule has 31 heavy (non-hydrogen) atoms. The van der Waals surface area contributed by atoms with Gasteiger partial charge in [0.2, 0.25) is 0 Å². The summed E-state index contributed by atoms with van der Waals surface area (Å²) in [4.78, 5) is 24.8. The lowest BCUT2D eigenvalue weighted by Crippen LogP contribution is -2.43. The Labute approximate surface area is 179 Å². The van der Waals surface area contributed by atoms with Crippen LogP contribution >= 0.6 is 0 Å². The monoisotopic (exact) mass is 424 g/mol. The van der Waals surface area contributed by atoms with Crippen molar-refractivity contribution in [2.45, 2.75) is 44.7 Å². The molecular weight excluding hydrogens is 399 g/mol. The number of carbonyl (C=O) groups excluding carboxylic acids is 1. The predicted octanol–water partition coefficient (Wildman–Crippen LogP) is 2.63. The van der Waals surface area contributed by atoms with Crippen molar-refractivity contribution in [2.75, 3.05) is 10.6 Å². The number of nitrogens with zero attached hydrogens (tertiary/aromatic N) is 4. The number of anilines is 3. The molecule has 0 radical (unpaired) electrons. The Morgan fingerprint density at radius 1 is 1.23 bits per heavy atom. The zero-order chi connectivity index (χ0) is 22.0. The Morgan fingerprint density at radius 3 is 2.68 bits per heavy atom. The maximum atomic E-state index is 14.6. The zero-order valence-electron chi connectivity index (χ0n) is 17.2. The van der Waals surface area contributed by atoms with Gasteiger partial charge in [0.1, 0.15) is 17.5 Å². The van der Waals surface area contributed by atoms with Crippen LogP contribution in [0.25, 0.3) is 5.82 Å². The Hall–Kier alpha value is -3.53. The van der Waals surface area contributed by atoms with Crippen LogP contribution in [-0.2, 0) is 0 Å². The van der Waals surface area contributed by atoms with Crippen molar-refractivity contribution in [3.05, 3.63) is 54.0 Å². The van der Waals surface area contributed by atoms with E-state index < -0.39 is 11.7 Å². The fourth-order valence-corrected chi connectivity index (χ4v) is 3.75. The number of halogens is 1. The van der Waals surface area contributed by atoms with Gasteiger partial charge in [-0.05, 0) is 38.0 Å². The fraction of sp³-hybridized carbons (Fsp3) is 0.333. The first-order valence-corrected chi connectivity index (χ1v) is 10.2. The van der Waals surface area contributed by atoms with Gasteiger partial charge in [-0.25, -0.2) is 19.3 Å². The van der Waals surface area contributed by atoms with E-state index in [1.807, 2.05) is 17.7 Å². The highest BCUT2D eigenvalue weighted by Gasteiger charge is 2.24. The zero-order valence-corrected chi connectivity index (χ0v) is 17.2. The summed E-state index contributed by atoms with van der Waals surface area (Å²) in [7, 11) is 0. The molecule has 0 unspecified atom stereocenters. The molecule has 1 aliphatic rings. The molecule has 10 heteroatoms. The normalized spacial score (nSPS) is 18.5. The first-order valence-electron chi connectivity index (χ1n) is 10.2. The summed E-state index contributed by atoms with van der Waals surface area (Å²) in [6.45, 7) is 1.88. The van der Waals surface area contributed by atoms with E-state index >= 15 is 0 Å². The van der Waals surface area contributed by atoms with Crippen LogP contribution in [-0.4, -0.2) is 37.5 Å². The summed E-state index contributed by atoms with van der Waals surface area (Å²) in [5.74, 6) is 0.245. The third-order valence-corrected chi connectivity index (χ3v) is 5.47. The van der Waals surface area contributed by atoms with Crippen molar-refractivity contribution in [1.29, 1.82) is 0 Å². The molecule has 3 heterocycles. The number of pyridine rings is 2. The Balaban J connectivity index is 1.60. The molecule has 9 nitrogen and oxygen atoms in total. The molecule has 1 fully saturated rings. The van der Waals surface area contributed by atoms with Crippen LogP contribution in [0.3, 0.4) is 0 Å². The van der Waals surface area contributed by atoms with Crippen LogP contribution in [0.1, 0.15) is 41.9 Å². The van der Waals surface area contributed by atoms with E-state index in [1.165, 1.54) is 0 Å². The second-order valence-electron chi connectivity index (χ2n) is 7.65. The van der Waals surface area contributed by atoms with Crippen LogP contribution < -0.4 is 22.1 Å². The Kier molecular flexibility index (Phi) is 5.81. The van der Waals surface area contributed by atoms with Gasteiger partial charge in [0, 0.05) is 24.5 Å². The number of nitrogens with one attached hydrogen (secondary N) is 2. The summed E-state index contributed by atoms with van der Waals surface area (Å²) in [5.41, 5.74) is 12.1. The van der Waals surface area contributed by atoms with E-state index in [0.29, 0.717) is 11.5 Å². The number of aromatic nitrogens is 4. The van der Waals surface area contributed by atoms with Crippen molar-refractivity contribution in [3.63, 3.8) is 0 Å². The van der Waals surface area contributed by atoms with Crippen LogP contribution in [0, 0.1) is 12.7 Å². The first-order chi connectivity index (χ1) is 14.9. The van der Waals surface area contributed by atoms with Gasteiger partial charge in [0.05, 0.1) is 17.4 Å². The Bertz CT molecular complexity index is 1080. The molecule has 162 valence electrons. The number of hydrogen-bond donors (Lipinski definition) is 4. The van der Waals surface area contributed by atoms with Gasteiger partial charge in [-0.1, -0.05) is 12.8 Å². The van der Waals surface area contributed by atoms with Crippen molar-refractivity contribution >= 4 is 23.2 Å². The lowest BCUT2D eigenvalue weighted by molar-refractivity contribution is 0.100. The summed E-state index contributed by atoms with van der Waals surface area (Å²) in [5, 5.41) is 6.12. The highest BCUT2D eigenvalue weighted by molar-refractivity contribution is 5.98. The topological polar surface area (TPSA) is 137 Å². The summed E-state index contributed by atoms with van der Waals surface area (Å²) >= 11 is 0. The maximum Gasteiger partial charge on any atom is 0.252 e. The van der Waals surface area contributed by atoms with E-state index in [0.717, 1.165) is 37.6 Å². The van der Waals surface area contributed by atoms with E-state index in [9.17, 15) is 9.18 Å². The van der Waals surface area contributed by atoms with Crippen molar-refractivity contribution < 1.29 is 9.18 Å². The molecule has 3 aromatic rings. The molecule has 1 saturated carbocycles. The second kappa shape index (κ2) is 8.68. The molecule has 4 rings (SSSR count). The lowest BCUT2D eigenvalue weighted by atomic mass is 9.91. The van der Waals surface area contributed by atoms with Crippen LogP contribution in [0.5, 0.6) is 0 Å². The number of rotatable bonds is 6. The molecule has 6 N–H and O–H groups in total.